The lowest BCUT2D eigenvalue weighted by molar-refractivity contribution is -0.131. The van der Waals surface area contributed by atoms with E-state index in [1.54, 1.807) is 17.9 Å². The fourth-order valence-corrected chi connectivity index (χ4v) is 4.04. The van der Waals surface area contributed by atoms with Gasteiger partial charge in [-0.2, -0.15) is 5.10 Å². The van der Waals surface area contributed by atoms with Crippen LogP contribution in [0.25, 0.3) is 10.6 Å². The standard InChI is InChI=1S/C23H27ClN4O3S/c1-4-27(13-12-26(3)18-10-8-17(24)9-11-18)22(29)16-28-20(23(30)31-5-2)15-19(25-28)21-7-6-14-32-21/h6-11,14-15H,4-5,12-13,16H2,1-3H3. The molecule has 0 aliphatic carbocycles. The van der Waals surface area contributed by atoms with E-state index in [4.69, 9.17) is 16.3 Å². The highest BCUT2D eigenvalue weighted by Gasteiger charge is 2.21. The molecular weight excluding hydrogens is 448 g/mol. The molecule has 7 nitrogen and oxygen atoms in total. The molecule has 0 unspecified atom stereocenters. The number of anilines is 1. The average Bonchev–Trinajstić information content (AvgIpc) is 3.45. The number of carbonyl (C=O) groups is 2. The van der Waals surface area contributed by atoms with E-state index in [-0.39, 0.29) is 24.8 Å². The molecular formula is C23H27ClN4O3S. The molecule has 3 rings (SSSR count). The van der Waals surface area contributed by atoms with Gasteiger partial charge in [0.15, 0.2) is 0 Å². The number of halogens is 1. The Kier molecular flexibility index (Phi) is 8.30. The Balaban J connectivity index is 1.70. The van der Waals surface area contributed by atoms with Gasteiger partial charge in [-0.15, -0.1) is 11.3 Å². The largest absolute Gasteiger partial charge is 0.461 e. The second-order valence-electron chi connectivity index (χ2n) is 7.14. The summed E-state index contributed by atoms with van der Waals surface area (Å²) in [5, 5.41) is 7.15. The van der Waals surface area contributed by atoms with Crippen molar-refractivity contribution in [3.05, 3.63) is 58.6 Å². The van der Waals surface area contributed by atoms with Crippen molar-refractivity contribution in [3.63, 3.8) is 0 Å². The van der Waals surface area contributed by atoms with E-state index in [1.165, 1.54) is 16.0 Å². The summed E-state index contributed by atoms with van der Waals surface area (Å²) >= 11 is 7.49. The molecule has 0 bridgehead atoms. The Morgan fingerprint density at radius 3 is 2.53 bits per heavy atom. The van der Waals surface area contributed by atoms with Gasteiger partial charge in [0.25, 0.3) is 0 Å². The van der Waals surface area contributed by atoms with Crippen LogP contribution in [0.3, 0.4) is 0 Å². The van der Waals surface area contributed by atoms with Crippen molar-refractivity contribution in [1.29, 1.82) is 0 Å². The minimum absolute atomic E-state index is 0.0297. The summed E-state index contributed by atoms with van der Waals surface area (Å²) in [6, 6.07) is 13.1. The van der Waals surface area contributed by atoms with Crippen LogP contribution in [-0.4, -0.2) is 59.8 Å². The predicted molar refractivity (Wildman–Crippen MR) is 128 cm³/mol. The van der Waals surface area contributed by atoms with Crippen LogP contribution in [0.2, 0.25) is 5.02 Å². The van der Waals surface area contributed by atoms with Crippen molar-refractivity contribution < 1.29 is 14.3 Å². The summed E-state index contributed by atoms with van der Waals surface area (Å²) in [5.74, 6) is -0.593. The molecule has 9 heteroatoms. The van der Waals surface area contributed by atoms with Crippen LogP contribution in [0.15, 0.2) is 47.8 Å². The lowest BCUT2D eigenvalue weighted by atomic mass is 10.3. The van der Waals surface area contributed by atoms with Gasteiger partial charge in [-0.1, -0.05) is 17.7 Å². The molecule has 0 N–H and O–H groups in total. The molecule has 2 aromatic heterocycles. The normalized spacial score (nSPS) is 10.8. The molecule has 3 aromatic rings. The number of ether oxygens (including phenoxy) is 1. The first-order chi connectivity index (χ1) is 15.4. The molecule has 0 atom stereocenters. The van der Waals surface area contributed by atoms with Crippen LogP contribution >= 0.6 is 22.9 Å². The first kappa shape index (κ1) is 23.8. The van der Waals surface area contributed by atoms with Crippen LogP contribution in [0.4, 0.5) is 5.69 Å². The Morgan fingerprint density at radius 1 is 1.16 bits per heavy atom. The molecule has 0 aliphatic rings. The quantitative estimate of drug-likeness (QED) is 0.407. The van der Waals surface area contributed by atoms with Gasteiger partial charge in [0.2, 0.25) is 5.91 Å². The molecule has 0 spiro atoms. The van der Waals surface area contributed by atoms with Crippen LogP contribution in [0.1, 0.15) is 24.3 Å². The van der Waals surface area contributed by atoms with E-state index in [0.717, 1.165) is 10.6 Å². The Morgan fingerprint density at radius 2 is 1.91 bits per heavy atom. The maximum atomic E-state index is 13.0. The minimum atomic E-state index is -0.485. The number of thiophene rings is 1. The molecule has 170 valence electrons. The van der Waals surface area contributed by atoms with E-state index >= 15 is 0 Å². The number of hydrogen-bond acceptors (Lipinski definition) is 6. The Bertz CT molecular complexity index is 1030. The molecule has 2 heterocycles. The molecule has 0 saturated carbocycles. The maximum Gasteiger partial charge on any atom is 0.356 e. The number of aromatic nitrogens is 2. The molecule has 0 saturated heterocycles. The molecule has 1 aromatic carbocycles. The fraction of sp³-hybridized carbons (Fsp3) is 0.348. The van der Waals surface area contributed by atoms with E-state index in [0.29, 0.717) is 30.4 Å². The highest BCUT2D eigenvalue weighted by atomic mass is 35.5. The Hall–Kier alpha value is -2.84. The van der Waals surface area contributed by atoms with Crippen LogP contribution in [-0.2, 0) is 16.1 Å². The molecule has 1 amide bonds. The van der Waals surface area contributed by atoms with E-state index in [9.17, 15) is 9.59 Å². The molecule has 0 aliphatic heterocycles. The summed E-state index contributed by atoms with van der Waals surface area (Å²) in [6.07, 6.45) is 0. The van der Waals surface area contributed by atoms with Crippen molar-refractivity contribution in [1.82, 2.24) is 14.7 Å². The smallest absolute Gasteiger partial charge is 0.356 e. The van der Waals surface area contributed by atoms with Crippen LogP contribution < -0.4 is 4.90 Å². The SMILES string of the molecule is CCOC(=O)c1cc(-c2cccs2)nn1CC(=O)N(CC)CCN(C)c1ccc(Cl)cc1. The fourth-order valence-electron chi connectivity index (χ4n) is 3.23. The van der Waals surface area contributed by atoms with Gasteiger partial charge in [-0.05, 0) is 55.6 Å². The second-order valence-corrected chi connectivity index (χ2v) is 8.53. The Labute approximate surface area is 197 Å². The van der Waals surface area contributed by atoms with Gasteiger partial charge in [-0.25, -0.2) is 9.48 Å². The number of carbonyl (C=O) groups excluding carboxylic acids is 2. The maximum absolute atomic E-state index is 13.0. The van der Waals surface area contributed by atoms with E-state index in [1.807, 2.05) is 55.7 Å². The summed E-state index contributed by atoms with van der Waals surface area (Å²) in [5.41, 5.74) is 1.95. The number of esters is 1. The number of nitrogens with zero attached hydrogens (tertiary/aromatic N) is 4. The number of likely N-dealkylation sites (N-methyl/N-ethyl adjacent to an activating group) is 2. The van der Waals surface area contributed by atoms with Crippen molar-refractivity contribution in [2.75, 3.05) is 38.2 Å². The zero-order valence-corrected chi connectivity index (χ0v) is 20.0. The first-order valence-corrected chi connectivity index (χ1v) is 11.7. The minimum Gasteiger partial charge on any atom is -0.461 e. The van der Waals surface area contributed by atoms with Gasteiger partial charge in [0.1, 0.15) is 17.9 Å². The van der Waals surface area contributed by atoms with Crippen molar-refractivity contribution in [2.24, 2.45) is 0 Å². The number of benzene rings is 1. The third-order valence-electron chi connectivity index (χ3n) is 5.03. The van der Waals surface area contributed by atoms with Crippen LogP contribution in [0.5, 0.6) is 0 Å². The van der Waals surface area contributed by atoms with Gasteiger partial charge in [0, 0.05) is 37.4 Å². The van der Waals surface area contributed by atoms with E-state index < -0.39 is 5.97 Å². The lowest BCUT2D eigenvalue weighted by Gasteiger charge is -2.26. The highest BCUT2D eigenvalue weighted by Crippen LogP contribution is 2.24. The molecule has 0 radical (unpaired) electrons. The summed E-state index contributed by atoms with van der Waals surface area (Å²) in [4.78, 5) is 30.2. The topological polar surface area (TPSA) is 67.7 Å². The van der Waals surface area contributed by atoms with Gasteiger partial charge in [-0.3, -0.25) is 4.79 Å². The van der Waals surface area contributed by atoms with Gasteiger partial charge in [0.05, 0.1) is 11.5 Å². The number of amides is 1. The molecule has 0 fully saturated rings. The predicted octanol–water partition coefficient (Wildman–Crippen LogP) is 4.43. The number of rotatable bonds is 10. The third kappa shape index (κ3) is 5.89. The van der Waals surface area contributed by atoms with Crippen molar-refractivity contribution in [2.45, 2.75) is 20.4 Å². The zero-order valence-electron chi connectivity index (χ0n) is 18.5. The first-order valence-electron chi connectivity index (χ1n) is 10.5. The summed E-state index contributed by atoms with van der Waals surface area (Å²) in [6.45, 7) is 5.67. The van der Waals surface area contributed by atoms with Crippen molar-refractivity contribution >= 4 is 40.5 Å². The zero-order chi connectivity index (χ0) is 23.1. The average molecular weight is 475 g/mol. The monoisotopic (exact) mass is 474 g/mol. The molecule has 32 heavy (non-hydrogen) atoms. The van der Waals surface area contributed by atoms with Crippen molar-refractivity contribution in [3.8, 4) is 10.6 Å². The highest BCUT2D eigenvalue weighted by molar-refractivity contribution is 7.13. The van der Waals surface area contributed by atoms with Crippen LogP contribution in [0, 0.1) is 0 Å². The lowest BCUT2D eigenvalue weighted by Crippen LogP contribution is -2.39. The van der Waals surface area contributed by atoms with Gasteiger partial charge >= 0.3 is 5.97 Å². The third-order valence-corrected chi connectivity index (χ3v) is 6.17. The second kappa shape index (κ2) is 11.2. The summed E-state index contributed by atoms with van der Waals surface area (Å²) < 4.78 is 6.61. The summed E-state index contributed by atoms with van der Waals surface area (Å²) in [7, 11) is 1.97. The van der Waals surface area contributed by atoms with Gasteiger partial charge < -0.3 is 14.5 Å². The van der Waals surface area contributed by atoms with E-state index in [2.05, 4.69) is 10.00 Å². The number of hydrogen-bond donors (Lipinski definition) is 0.